The fourth-order valence-electron chi connectivity index (χ4n) is 12.5. The molecule has 4 aliphatic carbocycles. The SMILES string of the molecule is CCCCC/C=C\C/C=C\CCCCCCCCOCC(CN(C)C)OCCCCO[C@H]1CCC2(C)C(=CCC3C2CCC2(C)C3CC[C@@H]2[C@H](C)CCCC(C)C)C1. The van der Waals surface area contributed by atoms with Crippen LogP contribution < -0.4 is 0 Å². The lowest BCUT2D eigenvalue weighted by atomic mass is 9.47. The summed E-state index contributed by atoms with van der Waals surface area (Å²) in [6.07, 6.45) is 45.4. The predicted molar refractivity (Wildman–Crippen MR) is 250 cm³/mol. The van der Waals surface area contributed by atoms with Gasteiger partial charge in [0.1, 0.15) is 0 Å². The van der Waals surface area contributed by atoms with Crippen LogP contribution in [0.1, 0.15) is 202 Å². The zero-order valence-corrected chi connectivity index (χ0v) is 39.9. The first kappa shape index (κ1) is 49.7. The molecule has 0 N–H and O–H groups in total. The van der Waals surface area contributed by atoms with Crippen LogP contribution in [0.25, 0.3) is 0 Å². The van der Waals surface area contributed by atoms with Crippen molar-refractivity contribution in [2.45, 2.75) is 214 Å². The molecule has 4 rings (SSSR count). The molecule has 6 unspecified atom stereocenters. The number of allylic oxidation sites excluding steroid dienone is 5. The van der Waals surface area contributed by atoms with Crippen molar-refractivity contribution in [1.82, 2.24) is 4.90 Å². The van der Waals surface area contributed by atoms with E-state index in [4.69, 9.17) is 14.2 Å². The molecule has 0 saturated heterocycles. The van der Waals surface area contributed by atoms with Gasteiger partial charge in [-0.2, -0.15) is 0 Å². The number of hydrogen-bond acceptors (Lipinski definition) is 4. The molecular formula is C54H97NO3. The zero-order valence-electron chi connectivity index (χ0n) is 39.9. The van der Waals surface area contributed by atoms with E-state index in [0.717, 1.165) is 87.6 Å². The Labute approximate surface area is 361 Å². The van der Waals surface area contributed by atoms with E-state index in [2.05, 4.69) is 90.9 Å². The van der Waals surface area contributed by atoms with Gasteiger partial charge in [0.15, 0.2) is 0 Å². The Kier molecular flexibility index (Phi) is 23.3. The van der Waals surface area contributed by atoms with Crippen molar-refractivity contribution in [2.24, 2.45) is 46.3 Å². The molecule has 4 aliphatic rings. The van der Waals surface area contributed by atoms with Crippen LogP contribution in [0.5, 0.6) is 0 Å². The van der Waals surface area contributed by atoms with Gasteiger partial charge >= 0.3 is 0 Å². The molecule has 0 aromatic heterocycles. The molecule has 3 saturated carbocycles. The Bertz CT molecular complexity index is 1170. The van der Waals surface area contributed by atoms with Crippen molar-refractivity contribution < 1.29 is 14.2 Å². The first-order chi connectivity index (χ1) is 28.1. The normalized spacial score (nSPS) is 29.6. The highest BCUT2D eigenvalue weighted by Gasteiger charge is 2.59. The molecular weight excluding hydrogens is 711 g/mol. The van der Waals surface area contributed by atoms with Crippen molar-refractivity contribution in [2.75, 3.05) is 47.1 Å². The monoisotopic (exact) mass is 808 g/mol. The predicted octanol–water partition coefficient (Wildman–Crippen LogP) is 15.0. The second-order valence-electron chi connectivity index (χ2n) is 21.1. The van der Waals surface area contributed by atoms with Crippen molar-refractivity contribution in [1.29, 1.82) is 0 Å². The molecule has 0 heterocycles. The fourth-order valence-corrected chi connectivity index (χ4v) is 12.5. The number of unbranched alkanes of at least 4 members (excludes halogenated alkanes) is 10. The van der Waals surface area contributed by atoms with E-state index in [1.54, 1.807) is 5.57 Å². The van der Waals surface area contributed by atoms with Crippen LogP contribution in [-0.4, -0.2) is 64.2 Å². The summed E-state index contributed by atoms with van der Waals surface area (Å²) in [4.78, 5) is 2.23. The Morgan fingerprint density at radius 1 is 0.741 bits per heavy atom. The summed E-state index contributed by atoms with van der Waals surface area (Å²) in [5, 5.41) is 0. The molecule has 4 nitrogen and oxygen atoms in total. The number of likely N-dealkylation sites (N-methyl/N-ethyl adjacent to an activating group) is 1. The first-order valence-corrected chi connectivity index (χ1v) is 25.5. The summed E-state index contributed by atoms with van der Waals surface area (Å²) in [5.74, 6) is 5.43. The topological polar surface area (TPSA) is 30.9 Å². The Hall–Kier alpha value is -0.940. The summed E-state index contributed by atoms with van der Waals surface area (Å²) in [7, 11) is 4.27. The highest BCUT2D eigenvalue weighted by Crippen LogP contribution is 2.67. The lowest BCUT2D eigenvalue weighted by molar-refractivity contribution is -0.0648. The van der Waals surface area contributed by atoms with Gasteiger partial charge < -0.3 is 19.1 Å². The largest absolute Gasteiger partial charge is 0.379 e. The van der Waals surface area contributed by atoms with E-state index < -0.39 is 0 Å². The van der Waals surface area contributed by atoms with Gasteiger partial charge in [-0.15, -0.1) is 0 Å². The average molecular weight is 808 g/mol. The number of hydrogen-bond donors (Lipinski definition) is 0. The van der Waals surface area contributed by atoms with Crippen LogP contribution in [0.4, 0.5) is 0 Å². The molecule has 0 spiro atoms. The van der Waals surface area contributed by atoms with Gasteiger partial charge in [0.2, 0.25) is 0 Å². The van der Waals surface area contributed by atoms with E-state index in [9.17, 15) is 0 Å². The average Bonchev–Trinajstić information content (AvgIpc) is 3.55. The van der Waals surface area contributed by atoms with Gasteiger partial charge in [0.25, 0.3) is 0 Å². The Balaban J connectivity index is 1.04. The van der Waals surface area contributed by atoms with Crippen molar-refractivity contribution in [3.05, 3.63) is 36.0 Å². The number of rotatable bonds is 31. The lowest BCUT2D eigenvalue weighted by Gasteiger charge is -2.58. The van der Waals surface area contributed by atoms with E-state index in [1.165, 1.54) is 135 Å². The minimum absolute atomic E-state index is 0.143. The van der Waals surface area contributed by atoms with Gasteiger partial charge in [-0.1, -0.05) is 135 Å². The summed E-state index contributed by atoms with van der Waals surface area (Å²) in [6, 6.07) is 0. The second kappa shape index (κ2) is 27.2. The van der Waals surface area contributed by atoms with Crippen molar-refractivity contribution in [3.8, 4) is 0 Å². The van der Waals surface area contributed by atoms with E-state index in [1.807, 2.05) is 0 Å². The molecule has 9 atom stereocenters. The maximum atomic E-state index is 6.59. The van der Waals surface area contributed by atoms with Crippen LogP contribution in [0.3, 0.4) is 0 Å². The minimum atomic E-state index is 0.143. The number of fused-ring (bicyclic) bond motifs is 5. The van der Waals surface area contributed by atoms with Crippen LogP contribution >= 0.6 is 0 Å². The van der Waals surface area contributed by atoms with Crippen LogP contribution in [0, 0.1) is 46.3 Å². The Morgan fingerprint density at radius 2 is 1.45 bits per heavy atom. The van der Waals surface area contributed by atoms with Gasteiger partial charge in [-0.25, -0.2) is 0 Å². The maximum Gasteiger partial charge on any atom is 0.0934 e. The van der Waals surface area contributed by atoms with Gasteiger partial charge in [0, 0.05) is 26.4 Å². The van der Waals surface area contributed by atoms with Crippen molar-refractivity contribution in [3.63, 3.8) is 0 Å². The fraction of sp³-hybridized carbons (Fsp3) is 0.889. The van der Waals surface area contributed by atoms with Crippen molar-refractivity contribution >= 4 is 0 Å². The molecule has 4 heteroatoms. The molecule has 3 fully saturated rings. The molecule has 0 aromatic carbocycles. The van der Waals surface area contributed by atoms with E-state index in [0.29, 0.717) is 23.5 Å². The van der Waals surface area contributed by atoms with Crippen LogP contribution in [0.2, 0.25) is 0 Å². The zero-order chi connectivity index (χ0) is 41.6. The molecule has 0 radical (unpaired) electrons. The van der Waals surface area contributed by atoms with Gasteiger partial charge in [-0.05, 0) is 163 Å². The third kappa shape index (κ3) is 16.1. The molecule has 0 aromatic rings. The molecule has 0 bridgehead atoms. The number of ether oxygens (including phenoxy) is 3. The Morgan fingerprint density at radius 3 is 2.19 bits per heavy atom. The molecule has 0 amide bonds. The summed E-state index contributed by atoms with van der Waals surface area (Å²) in [6.45, 7) is 19.2. The minimum Gasteiger partial charge on any atom is -0.379 e. The highest BCUT2D eigenvalue weighted by molar-refractivity contribution is 5.25. The summed E-state index contributed by atoms with van der Waals surface area (Å²) >= 11 is 0. The van der Waals surface area contributed by atoms with Gasteiger partial charge in [-0.3, -0.25) is 0 Å². The third-order valence-electron chi connectivity index (χ3n) is 15.9. The molecule has 0 aliphatic heterocycles. The third-order valence-corrected chi connectivity index (χ3v) is 15.9. The van der Waals surface area contributed by atoms with E-state index >= 15 is 0 Å². The van der Waals surface area contributed by atoms with E-state index in [-0.39, 0.29) is 6.10 Å². The van der Waals surface area contributed by atoms with Gasteiger partial charge in [0.05, 0.1) is 18.8 Å². The lowest BCUT2D eigenvalue weighted by Crippen LogP contribution is -2.51. The standard InChI is InChI=1S/C54H97NO3/c1-9-10-11-12-13-14-15-16-17-18-19-20-21-22-23-24-38-56-43-48(42-55(7)8)58-40-26-25-39-57-47-34-36-53(5)46(41-47)30-31-49-51-33-32-50(45(4)29-27-28-44(2)3)54(51,6)37-35-52(49)53/h13-14,16-17,30,44-45,47-52H,9-12,15,18-29,31-43H2,1-8H3/b14-13-,17-16-/t45-,47+,48?,49?,50-,51?,52?,53?,54?/m1/s1. The quantitative estimate of drug-likeness (QED) is 0.0516. The summed E-state index contributed by atoms with van der Waals surface area (Å²) in [5.41, 5.74) is 2.74. The molecule has 336 valence electrons. The van der Waals surface area contributed by atoms with Crippen LogP contribution in [-0.2, 0) is 14.2 Å². The maximum absolute atomic E-state index is 6.59. The number of nitrogens with zero attached hydrogens (tertiary/aromatic N) is 1. The first-order valence-electron chi connectivity index (χ1n) is 25.5. The van der Waals surface area contributed by atoms with Crippen LogP contribution in [0.15, 0.2) is 36.0 Å². The summed E-state index contributed by atoms with van der Waals surface area (Å²) < 4.78 is 19.1. The molecule has 58 heavy (non-hydrogen) atoms. The second-order valence-corrected chi connectivity index (χ2v) is 21.1. The smallest absolute Gasteiger partial charge is 0.0934 e. The highest BCUT2D eigenvalue weighted by atomic mass is 16.5.